The zero-order valence-electron chi connectivity index (χ0n) is 8.03. The lowest BCUT2D eigenvalue weighted by Gasteiger charge is -2.18. The number of hydrogen-bond acceptors (Lipinski definition) is 3. The van der Waals surface area contributed by atoms with E-state index in [1.165, 1.54) is 0 Å². The Labute approximate surface area is 94.6 Å². The van der Waals surface area contributed by atoms with Gasteiger partial charge in [0.2, 0.25) is 5.82 Å². The Bertz CT molecular complexity index is 450. The van der Waals surface area contributed by atoms with Gasteiger partial charge in [0, 0.05) is 0 Å². The van der Waals surface area contributed by atoms with Gasteiger partial charge in [0.05, 0.1) is 0 Å². The maximum atomic E-state index is 12.9. The monoisotopic (exact) mass is 278 g/mol. The summed E-state index contributed by atoms with van der Waals surface area (Å²) in [6.07, 6.45) is -5.13. The molecule has 0 unspecified atom stereocenters. The van der Waals surface area contributed by atoms with Crippen LogP contribution in [0.25, 0.3) is 0 Å². The van der Waals surface area contributed by atoms with Crippen LogP contribution in [0.4, 0.5) is 30.7 Å². The lowest BCUT2D eigenvalue weighted by Crippen LogP contribution is -2.32. The van der Waals surface area contributed by atoms with E-state index < -0.39 is 48.1 Å². The van der Waals surface area contributed by atoms with E-state index in [0.29, 0.717) is 0 Å². The summed E-state index contributed by atoms with van der Waals surface area (Å²) in [6.45, 7) is 0. The van der Waals surface area contributed by atoms with Gasteiger partial charge in [-0.3, -0.25) is 0 Å². The normalized spacial score (nSPS) is 11.8. The minimum Gasteiger partial charge on any atom is -0.402 e. The first-order valence-electron chi connectivity index (χ1n) is 4.03. The summed E-state index contributed by atoms with van der Waals surface area (Å²) in [7, 11) is -3.19. The van der Waals surface area contributed by atoms with Crippen molar-refractivity contribution in [2.24, 2.45) is 0 Å². The van der Waals surface area contributed by atoms with E-state index >= 15 is 0 Å². The van der Waals surface area contributed by atoms with Gasteiger partial charge in [-0.1, -0.05) is 0 Å². The van der Waals surface area contributed by atoms with Crippen molar-refractivity contribution in [3.63, 3.8) is 0 Å². The van der Waals surface area contributed by atoms with Crippen LogP contribution >= 0.6 is 0 Å². The van der Waals surface area contributed by atoms with Crippen molar-refractivity contribution in [3.05, 3.63) is 34.6 Å². The molecule has 3 nitrogen and oxygen atoms in total. The maximum Gasteiger partial charge on any atom is 0.638 e. The van der Waals surface area contributed by atoms with E-state index in [-0.39, 0.29) is 0 Å². The summed E-state index contributed by atoms with van der Waals surface area (Å²) in [5.74, 6) is -13.5. The van der Waals surface area contributed by atoms with Gasteiger partial charge in [0.1, 0.15) is 5.56 Å². The van der Waals surface area contributed by atoms with Crippen LogP contribution in [0, 0.1) is 29.1 Å². The lowest BCUT2D eigenvalue weighted by molar-refractivity contribution is -0.209. The molecule has 0 saturated heterocycles. The zero-order valence-corrected chi connectivity index (χ0v) is 8.03. The van der Waals surface area contributed by atoms with Crippen molar-refractivity contribution >= 4 is 7.32 Å². The molecule has 0 aliphatic heterocycles. The molecule has 0 spiro atoms. The largest absolute Gasteiger partial charge is 0.638 e. The first-order chi connectivity index (χ1) is 8.09. The average molecular weight is 278 g/mol. The highest BCUT2D eigenvalue weighted by atomic mass is 19.3. The average Bonchev–Trinajstić information content (AvgIpc) is 2.21. The molecule has 0 radical (unpaired) electrons. The highest BCUT2D eigenvalue weighted by Crippen LogP contribution is 2.36. The molecule has 0 heterocycles. The fraction of sp³-hybridized carbons (Fsp3) is 0.143. The molecule has 11 heteroatoms. The number of halogens is 7. The van der Waals surface area contributed by atoms with Crippen molar-refractivity contribution in [2.75, 3.05) is 0 Å². The quantitative estimate of drug-likeness (QED) is 0.380. The summed E-state index contributed by atoms with van der Waals surface area (Å²) in [6, 6.07) is 0. The summed E-state index contributed by atoms with van der Waals surface area (Å²) in [4.78, 5) is 0. The summed E-state index contributed by atoms with van der Waals surface area (Å²) >= 11 is 0. The number of rotatable bonds is 3. The molecule has 100 valence electrons. The van der Waals surface area contributed by atoms with Gasteiger partial charge in [-0.25, -0.2) is 22.0 Å². The molecule has 0 saturated carbocycles. The molecule has 0 bridgehead atoms. The van der Waals surface area contributed by atoms with E-state index in [2.05, 4.69) is 4.65 Å². The minimum atomic E-state index is -5.13. The Balaban J connectivity index is 3.50. The molecular weight excluding hydrogens is 276 g/mol. The highest BCUT2D eigenvalue weighted by molar-refractivity contribution is 6.32. The van der Waals surface area contributed by atoms with Gasteiger partial charge in [-0.05, 0) is 0 Å². The van der Waals surface area contributed by atoms with E-state index in [1.54, 1.807) is 0 Å². The second-order valence-electron chi connectivity index (χ2n) is 2.91. The lowest BCUT2D eigenvalue weighted by atomic mass is 10.1. The predicted octanol–water partition coefficient (Wildman–Crippen LogP) is 1.42. The van der Waals surface area contributed by atoms with Crippen molar-refractivity contribution in [1.82, 2.24) is 0 Å². The minimum absolute atomic E-state index is 2.62. The van der Waals surface area contributed by atoms with Crippen LogP contribution in [-0.2, 0) is 10.8 Å². The van der Waals surface area contributed by atoms with Gasteiger partial charge in [0.25, 0.3) is 0 Å². The van der Waals surface area contributed by atoms with E-state index in [9.17, 15) is 30.7 Å². The van der Waals surface area contributed by atoms with Crippen molar-refractivity contribution in [1.29, 1.82) is 0 Å². The first kappa shape index (κ1) is 14.7. The zero-order chi connectivity index (χ0) is 14.2. The molecule has 0 aliphatic carbocycles. The second kappa shape index (κ2) is 4.74. The molecule has 0 fully saturated rings. The molecule has 18 heavy (non-hydrogen) atoms. The molecule has 2 N–H and O–H groups in total. The molecule has 1 rings (SSSR count). The third-order valence-electron chi connectivity index (χ3n) is 1.75. The fourth-order valence-electron chi connectivity index (χ4n) is 1.05. The standard InChI is InChI=1S/C7H2BF7O3/c9-2-1(7(14,15)18-8(16)17)3(10)5(12)6(13)4(2)11/h16-17H. The van der Waals surface area contributed by atoms with Crippen LogP contribution in [0.15, 0.2) is 0 Å². The molecule has 0 aromatic heterocycles. The Morgan fingerprint density at radius 2 is 1.11 bits per heavy atom. The maximum absolute atomic E-state index is 12.9. The van der Waals surface area contributed by atoms with Gasteiger partial charge in [-0.2, -0.15) is 8.78 Å². The second-order valence-corrected chi connectivity index (χ2v) is 2.91. The number of benzene rings is 1. The Kier molecular flexibility index (Phi) is 3.88. The molecule has 0 amide bonds. The van der Waals surface area contributed by atoms with Crippen LogP contribution in [0.5, 0.6) is 0 Å². The fourth-order valence-corrected chi connectivity index (χ4v) is 1.05. The molecular formula is C7H2BF7O3. The van der Waals surface area contributed by atoms with Gasteiger partial charge >= 0.3 is 13.4 Å². The number of hydrogen-bond donors (Lipinski definition) is 2. The van der Waals surface area contributed by atoms with E-state index in [0.717, 1.165) is 0 Å². The van der Waals surface area contributed by atoms with Crippen LogP contribution in [0.1, 0.15) is 5.56 Å². The molecule has 0 aliphatic rings. The van der Waals surface area contributed by atoms with Crippen LogP contribution in [-0.4, -0.2) is 17.4 Å². The van der Waals surface area contributed by atoms with E-state index in [1.807, 2.05) is 0 Å². The van der Waals surface area contributed by atoms with Gasteiger partial charge < -0.3 is 14.7 Å². The summed E-state index contributed by atoms with van der Waals surface area (Å²) in [5.41, 5.74) is -2.62. The SMILES string of the molecule is OB(O)OC(F)(F)c1c(F)c(F)c(F)c(F)c1F. The van der Waals surface area contributed by atoms with Gasteiger partial charge in [-0.15, -0.1) is 0 Å². The highest BCUT2D eigenvalue weighted by Gasteiger charge is 2.46. The van der Waals surface area contributed by atoms with Crippen molar-refractivity contribution in [2.45, 2.75) is 6.11 Å². The molecule has 1 aromatic rings. The van der Waals surface area contributed by atoms with Crippen LogP contribution in [0.3, 0.4) is 0 Å². The predicted molar refractivity (Wildman–Crippen MR) is 41.4 cm³/mol. The summed E-state index contributed by atoms with van der Waals surface area (Å²) in [5, 5.41) is 16.1. The third-order valence-corrected chi connectivity index (χ3v) is 1.75. The first-order valence-corrected chi connectivity index (χ1v) is 4.03. The van der Waals surface area contributed by atoms with E-state index in [4.69, 9.17) is 10.0 Å². The van der Waals surface area contributed by atoms with Crippen LogP contribution < -0.4 is 0 Å². The number of alkyl halides is 2. The smallest absolute Gasteiger partial charge is 0.402 e. The topological polar surface area (TPSA) is 49.7 Å². The summed E-state index contributed by atoms with van der Waals surface area (Å²) < 4.78 is 92.4. The Morgan fingerprint density at radius 3 is 1.44 bits per heavy atom. The van der Waals surface area contributed by atoms with Crippen molar-refractivity contribution < 1.29 is 45.4 Å². The van der Waals surface area contributed by atoms with Gasteiger partial charge in [0.15, 0.2) is 23.3 Å². The van der Waals surface area contributed by atoms with Crippen molar-refractivity contribution in [3.8, 4) is 0 Å². The third kappa shape index (κ3) is 2.42. The molecule has 0 atom stereocenters. The Hall–Kier alpha value is -1.33. The van der Waals surface area contributed by atoms with Crippen LogP contribution in [0.2, 0.25) is 0 Å². The Morgan fingerprint density at radius 1 is 0.778 bits per heavy atom. The molecule has 1 aromatic carbocycles.